The van der Waals surface area contributed by atoms with E-state index in [9.17, 15) is 0 Å². The Hall–Kier alpha value is -0.380. The molecule has 16 heavy (non-hydrogen) atoms. The van der Waals surface area contributed by atoms with Crippen LogP contribution in [-0.2, 0) is 0 Å². The lowest BCUT2D eigenvalue weighted by Crippen LogP contribution is -2.35. The molecule has 2 rings (SSSR count). The first-order chi connectivity index (χ1) is 7.79. The van der Waals surface area contributed by atoms with E-state index in [4.69, 9.17) is 5.11 Å². The van der Waals surface area contributed by atoms with Crippen LogP contribution in [0, 0.1) is 5.92 Å². The van der Waals surface area contributed by atoms with Gasteiger partial charge in [0.2, 0.25) is 0 Å². The zero-order valence-corrected chi connectivity index (χ0v) is 10.7. The van der Waals surface area contributed by atoms with Crippen molar-refractivity contribution in [3.8, 4) is 0 Å². The topological polar surface area (TPSA) is 32.3 Å². The molecule has 1 unspecified atom stereocenters. The molecule has 2 nitrogen and oxygen atoms in total. The average molecular weight is 239 g/mol. The third kappa shape index (κ3) is 3.06. The van der Waals surface area contributed by atoms with Crippen molar-refractivity contribution in [2.75, 3.05) is 6.61 Å². The van der Waals surface area contributed by atoms with Crippen molar-refractivity contribution in [2.24, 2.45) is 5.92 Å². The van der Waals surface area contributed by atoms with Gasteiger partial charge >= 0.3 is 0 Å². The highest BCUT2D eigenvalue weighted by Crippen LogP contribution is 2.26. The van der Waals surface area contributed by atoms with E-state index in [2.05, 4.69) is 29.1 Å². The molecule has 0 aromatic carbocycles. The number of aliphatic hydroxyl groups excluding tert-OH is 1. The molecule has 0 saturated heterocycles. The SMILES string of the molecule is CC(NC1CCC(CO)CC1)c1ccsc1. The Kier molecular flexibility index (Phi) is 4.38. The minimum Gasteiger partial charge on any atom is -0.396 e. The molecular formula is C13H21NOS. The normalized spacial score (nSPS) is 27.9. The highest BCUT2D eigenvalue weighted by atomic mass is 32.1. The lowest BCUT2D eigenvalue weighted by molar-refractivity contribution is 0.172. The minimum atomic E-state index is 0.368. The lowest BCUT2D eigenvalue weighted by Gasteiger charge is -2.30. The van der Waals surface area contributed by atoms with Crippen molar-refractivity contribution in [1.29, 1.82) is 0 Å². The van der Waals surface area contributed by atoms with Crippen LogP contribution in [-0.4, -0.2) is 17.8 Å². The first-order valence-corrected chi connectivity index (χ1v) is 7.13. The second-order valence-electron chi connectivity index (χ2n) is 4.85. The summed E-state index contributed by atoms with van der Waals surface area (Å²) >= 11 is 1.76. The molecule has 1 atom stereocenters. The molecule has 1 aliphatic carbocycles. The fourth-order valence-electron chi connectivity index (χ4n) is 2.48. The maximum Gasteiger partial charge on any atom is 0.0459 e. The van der Waals surface area contributed by atoms with Gasteiger partial charge in [0.05, 0.1) is 0 Å². The van der Waals surface area contributed by atoms with Crippen LogP contribution < -0.4 is 5.32 Å². The van der Waals surface area contributed by atoms with Gasteiger partial charge in [-0.1, -0.05) is 0 Å². The van der Waals surface area contributed by atoms with Crippen LogP contribution in [0.3, 0.4) is 0 Å². The summed E-state index contributed by atoms with van der Waals surface area (Å²) in [6, 6.07) is 3.29. The highest BCUT2D eigenvalue weighted by Gasteiger charge is 2.21. The first kappa shape index (κ1) is 12.1. The Bertz CT molecular complexity index is 291. The molecule has 0 aliphatic heterocycles. The highest BCUT2D eigenvalue weighted by molar-refractivity contribution is 7.07. The molecule has 1 saturated carbocycles. The van der Waals surface area contributed by atoms with E-state index in [1.54, 1.807) is 11.3 Å². The van der Waals surface area contributed by atoms with E-state index in [1.807, 2.05) is 0 Å². The molecule has 1 heterocycles. The van der Waals surface area contributed by atoms with Gasteiger partial charge in [-0.25, -0.2) is 0 Å². The first-order valence-electron chi connectivity index (χ1n) is 6.18. The van der Waals surface area contributed by atoms with Crippen molar-refractivity contribution in [2.45, 2.75) is 44.7 Å². The van der Waals surface area contributed by atoms with E-state index in [-0.39, 0.29) is 0 Å². The van der Waals surface area contributed by atoms with Crippen LogP contribution in [0.1, 0.15) is 44.2 Å². The molecule has 90 valence electrons. The summed E-state index contributed by atoms with van der Waals surface area (Å²) in [6.45, 7) is 2.60. The van der Waals surface area contributed by atoms with Crippen LogP contribution in [0.5, 0.6) is 0 Å². The van der Waals surface area contributed by atoms with E-state index in [1.165, 1.54) is 31.2 Å². The Labute approximate surface area is 102 Å². The monoisotopic (exact) mass is 239 g/mol. The number of aliphatic hydroxyl groups is 1. The molecule has 0 bridgehead atoms. The zero-order valence-electron chi connectivity index (χ0n) is 9.86. The molecule has 0 radical (unpaired) electrons. The quantitative estimate of drug-likeness (QED) is 0.846. The second-order valence-corrected chi connectivity index (χ2v) is 5.63. The molecule has 1 aromatic heterocycles. The van der Waals surface area contributed by atoms with Gasteiger partial charge in [0.1, 0.15) is 0 Å². The minimum absolute atomic E-state index is 0.368. The molecule has 3 heteroatoms. The van der Waals surface area contributed by atoms with Gasteiger partial charge < -0.3 is 10.4 Å². The number of thiophene rings is 1. The summed E-state index contributed by atoms with van der Waals surface area (Å²) in [5.41, 5.74) is 1.40. The van der Waals surface area contributed by atoms with Crippen LogP contribution in [0.15, 0.2) is 16.8 Å². The summed E-state index contributed by atoms with van der Waals surface area (Å²) < 4.78 is 0. The summed E-state index contributed by atoms with van der Waals surface area (Å²) in [7, 11) is 0. The maximum absolute atomic E-state index is 9.09. The van der Waals surface area contributed by atoms with Crippen LogP contribution >= 0.6 is 11.3 Å². The molecule has 0 amide bonds. The summed E-state index contributed by atoms with van der Waals surface area (Å²) in [6.07, 6.45) is 4.76. The van der Waals surface area contributed by atoms with Gasteiger partial charge in [0.15, 0.2) is 0 Å². The van der Waals surface area contributed by atoms with Gasteiger partial charge in [0, 0.05) is 18.7 Å². The predicted octanol–water partition coefficient (Wildman–Crippen LogP) is 2.95. The van der Waals surface area contributed by atoms with E-state index < -0.39 is 0 Å². The lowest BCUT2D eigenvalue weighted by atomic mass is 9.86. The van der Waals surface area contributed by atoms with Crippen LogP contribution in [0.25, 0.3) is 0 Å². The van der Waals surface area contributed by atoms with E-state index >= 15 is 0 Å². The number of hydrogen-bond acceptors (Lipinski definition) is 3. The van der Waals surface area contributed by atoms with E-state index in [0.717, 1.165) is 0 Å². The van der Waals surface area contributed by atoms with Gasteiger partial charge in [-0.05, 0) is 60.9 Å². The van der Waals surface area contributed by atoms with Crippen LogP contribution in [0.4, 0.5) is 0 Å². The Morgan fingerprint density at radius 3 is 2.75 bits per heavy atom. The third-order valence-corrected chi connectivity index (χ3v) is 4.34. The molecule has 1 aromatic rings. The summed E-state index contributed by atoms with van der Waals surface area (Å²) in [5, 5.41) is 17.1. The van der Waals surface area contributed by atoms with Gasteiger partial charge in [-0.3, -0.25) is 0 Å². The fourth-order valence-corrected chi connectivity index (χ4v) is 3.24. The van der Waals surface area contributed by atoms with Crippen molar-refractivity contribution in [3.05, 3.63) is 22.4 Å². The number of rotatable bonds is 4. The van der Waals surface area contributed by atoms with Crippen molar-refractivity contribution >= 4 is 11.3 Å². The molecular weight excluding hydrogens is 218 g/mol. The second kappa shape index (κ2) is 5.80. The Morgan fingerprint density at radius 1 is 1.44 bits per heavy atom. The molecule has 0 spiro atoms. The van der Waals surface area contributed by atoms with Gasteiger partial charge in [0.25, 0.3) is 0 Å². The Morgan fingerprint density at radius 2 is 2.19 bits per heavy atom. The molecule has 1 aliphatic rings. The van der Waals surface area contributed by atoms with Crippen LogP contribution in [0.2, 0.25) is 0 Å². The fraction of sp³-hybridized carbons (Fsp3) is 0.692. The average Bonchev–Trinajstić information content (AvgIpc) is 2.83. The van der Waals surface area contributed by atoms with E-state index in [0.29, 0.717) is 24.6 Å². The summed E-state index contributed by atoms with van der Waals surface area (Å²) in [4.78, 5) is 0. The molecule has 2 N–H and O–H groups in total. The summed E-state index contributed by atoms with van der Waals surface area (Å²) in [5.74, 6) is 0.550. The van der Waals surface area contributed by atoms with Gasteiger partial charge in [-0.2, -0.15) is 11.3 Å². The Balaban J connectivity index is 1.78. The van der Waals surface area contributed by atoms with Crippen molar-refractivity contribution in [3.63, 3.8) is 0 Å². The predicted molar refractivity (Wildman–Crippen MR) is 68.7 cm³/mol. The third-order valence-electron chi connectivity index (χ3n) is 3.63. The standard InChI is InChI=1S/C13H21NOS/c1-10(12-6-7-16-9-12)14-13-4-2-11(8-15)3-5-13/h6-7,9-11,13-15H,2-5,8H2,1H3. The number of hydrogen-bond donors (Lipinski definition) is 2. The molecule has 1 fully saturated rings. The zero-order chi connectivity index (χ0) is 11.4. The van der Waals surface area contributed by atoms with Gasteiger partial charge in [-0.15, -0.1) is 0 Å². The van der Waals surface area contributed by atoms with Crippen molar-refractivity contribution in [1.82, 2.24) is 5.32 Å². The number of nitrogens with one attached hydrogen (secondary N) is 1. The van der Waals surface area contributed by atoms with Crippen molar-refractivity contribution < 1.29 is 5.11 Å². The maximum atomic E-state index is 9.09. The smallest absolute Gasteiger partial charge is 0.0459 e. The largest absolute Gasteiger partial charge is 0.396 e.